The highest BCUT2D eigenvalue weighted by molar-refractivity contribution is 6.35. The molecule has 1 aromatic heterocycles. The molecule has 1 aromatic carbocycles. The van der Waals surface area contributed by atoms with E-state index in [-0.39, 0.29) is 5.41 Å². The minimum absolute atomic E-state index is 0.272. The highest BCUT2D eigenvalue weighted by atomic mass is 35.5. The molecular weight excluding hydrogens is 431 g/mol. The van der Waals surface area contributed by atoms with Crippen molar-refractivity contribution in [1.29, 1.82) is 5.26 Å². The lowest BCUT2D eigenvalue weighted by Gasteiger charge is -2.59. The van der Waals surface area contributed by atoms with Crippen molar-refractivity contribution in [3.05, 3.63) is 45.6 Å². The van der Waals surface area contributed by atoms with Crippen molar-refractivity contribution < 1.29 is 0 Å². The summed E-state index contributed by atoms with van der Waals surface area (Å²) in [5, 5.41) is 17.4. The van der Waals surface area contributed by atoms with Crippen LogP contribution in [-0.2, 0) is 6.54 Å². The molecule has 4 aliphatic carbocycles. The third-order valence-electron chi connectivity index (χ3n) is 7.47. The fraction of sp³-hybridized carbons (Fsp3) is 0.522. The minimum Gasteiger partial charge on any atom is -0.368 e. The molecule has 1 heterocycles. The minimum atomic E-state index is 0.272. The number of nitrogens with two attached hydrogens (primary N) is 1. The van der Waals surface area contributed by atoms with E-state index in [4.69, 9.17) is 28.9 Å². The van der Waals surface area contributed by atoms with Crippen molar-refractivity contribution in [3.63, 3.8) is 0 Å². The molecule has 6 rings (SSSR count). The van der Waals surface area contributed by atoms with Crippen molar-refractivity contribution in [2.45, 2.75) is 44.7 Å². The Morgan fingerprint density at radius 2 is 1.94 bits per heavy atom. The van der Waals surface area contributed by atoms with Crippen molar-refractivity contribution in [2.75, 3.05) is 17.2 Å². The van der Waals surface area contributed by atoms with E-state index in [1.54, 1.807) is 18.3 Å². The largest absolute Gasteiger partial charge is 0.368 e. The van der Waals surface area contributed by atoms with E-state index >= 15 is 0 Å². The zero-order valence-corrected chi connectivity index (χ0v) is 18.8. The number of benzene rings is 1. The van der Waals surface area contributed by atoms with Crippen molar-refractivity contribution in [1.82, 2.24) is 9.97 Å². The first-order valence-corrected chi connectivity index (χ1v) is 11.6. The van der Waals surface area contributed by atoms with Gasteiger partial charge in [-0.05, 0) is 73.0 Å². The molecule has 6 nitrogen and oxygen atoms in total. The summed E-state index contributed by atoms with van der Waals surface area (Å²) in [4.78, 5) is 8.87. The Morgan fingerprint density at radius 1 is 1.16 bits per heavy atom. The predicted molar refractivity (Wildman–Crippen MR) is 123 cm³/mol. The summed E-state index contributed by atoms with van der Waals surface area (Å²) in [6.45, 7) is 1.30. The molecule has 31 heavy (non-hydrogen) atoms. The Kier molecular flexibility index (Phi) is 5.45. The maximum atomic E-state index is 9.54. The van der Waals surface area contributed by atoms with Gasteiger partial charge in [-0.2, -0.15) is 10.2 Å². The molecule has 0 aliphatic heterocycles. The number of hydrogen-bond donors (Lipinski definition) is 3. The van der Waals surface area contributed by atoms with Crippen LogP contribution in [-0.4, -0.2) is 22.6 Å². The van der Waals surface area contributed by atoms with Gasteiger partial charge >= 0.3 is 0 Å². The van der Waals surface area contributed by atoms with Crippen LogP contribution in [0.2, 0.25) is 10.0 Å². The molecule has 4 bridgehead atoms. The number of anilines is 2. The second kappa shape index (κ2) is 8.12. The fourth-order valence-corrected chi connectivity index (χ4v) is 6.72. The summed E-state index contributed by atoms with van der Waals surface area (Å²) < 4.78 is 0. The van der Waals surface area contributed by atoms with Gasteiger partial charge in [0.15, 0.2) is 0 Å². The van der Waals surface area contributed by atoms with Gasteiger partial charge in [0.25, 0.3) is 0 Å². The number of rotatable bonds is 6. The van der Waals surface area contributed by atoms with E-state index in [0.29, 0.717) is 51.8 Å². The molecule has 1 unspecified atom stereocenters. The van der Waals surface area contributed by atoms with E-state index in [9.17, 15) is 5.26 Å². The van der Waals surface area contributed by atoms with Gasteiger partial charge in [0.05, 0.1) is 6.20 Å². The third-order valence-corrected chi connectivity index (χ3v) is 8.05. The quantitative estimate of drug-likeness (QED) is 0.575. The molecule has 0 radical (unpaired) electrons. The summed E-state index contributed by atoms with van der Waals surface area (Å²) >= 11 is 12.2. The Bertz CT molecular complexity index is 1020. The molecule has 2 aromatic rings. The van der Waals surface area contributed by atoms with Gasteiger partial charge in [-0.15, -0.1) is 0 Å². The molecular formula is C23H26Cl2N6. The first-order valence-electron chi connectivity index (χ1n) is 10.9. The average molecular weight is 457 g/mol. The molecule has 5 atom stereocenters. The van der Waals surface area contributed by atoms with E-state index in [1.807, 2.05) is 6.07 Å². The first kappa shape index (κ1) is 20.8. The average Bonchev–Trinajstić information content (AvgIpc) is 2.75. The van der Waals surface area contributed by atoms with Crippen molar-refractivity contribution >= 4 is 35.0 Å². The topological polar surface area (TPSA) is 99.6 Å². The van der Waals surface area contributed by atoms with Gasteiger partial charge in [-0.25, -0.2) is 4.98 Å². The van der Waals surface area contributed by atoms with Crippen LogP contribution in [0.25, 0.3) is 0 Å². The highest BCUT2D eigenvalue weighted by Crippen LogP contribution is 2.59. The SMILES string of the molecule is N#Cc1cnc(NCc2ccc(Cl)cc2Cl)nc1NC[C@]12CC3C[C@H](C1)[C@@H](N)[C@@H](C3)C2. The molecule has 162 valence electrons. The van der Waals surface area contributed by atoms with Crippen molar-refractivity contribution in [3.8, 4) is 6.07 Å². The van der Waals surface area contributed by atoms with Gasteiger partial charge in [0.1, 0.15) is 17.5 Å². The molecule has 8 heteroatoms. The summed E-state index contributed by atoms with van der Waals surface area (Å²) in [6.07, 6.45) is 7.77. The van der Waals surface area contributed by atoms with Crippen LogP contribution < -0.4 is 16.4 Å². The molecule has 0 saturated heterocycles. The number of halogens is 2. The Labute approximate surface area is 192 Å². The number of hydrogen-bond acceptors (Lipinski definition) is 6. The van der Waals surface area contributed by atoms with E-state index in [2.05, 4.69) is 26.7 Å². The van der Waals surface area contributed by atoms with Crippen LogP contribution in [0, 0.1) is 34.5 Å². The van der Waals surface area contributed by atoms with Crippen LogP contribution in [0.1, 0.15) is 43.2 Å². The number of aromatic nitrogens is 2. The molecule has 0 amide bonds. The van der Waals surface area contributed by atoms with Gasteiger partial charge in [0, 0.05) is 29.2 Å². The zero-order valence-electron chi connectivity index (χ0n) is 17.2. The normalized spacial score (nSPS) is 30.8. The van der Waals surface area contributed by atoms with E-state index in [0.717, 1.165) is 18.0 Å². The lowest BCUT2D eigenvalue weighted by Crippen LogP contribution is -2.58. The molecule has 4 saturated carbocycles. The van der Waals surface area contributed by atoms with Crippen molar-refractivity contribution in [2.24, 2.45) is 28.9 Å². The third kappa shape index (κ3) is 4.07. The zero-order chi connectivity index (χ0) is 21.6. The van der Waals surface area contributed by atoms with Gasteiger partial charge in [-0.1, -0.05) is 29.3 Å². The smallest absolute Gasteiger partial charge is 0.224 e. The van der Waals surface area contributed by atoms with Crippen LogP contribution in [0.3, 0.4) is 0 Å². The molecule has 0 spiro atoms. The highest BCUT2D eigenvalue weighted by Gasteiger charge is 2.54. The Hall–Kier alpha value is -2.07. The van der Waals surface area contributed by atoms with Crippen LogP contribution in [0.5, 0.6) is 0 Å². The second-order valence-electron chi connectivity index (χ2n) is 9.56. The lowest BCUT2D eigenvalue weighted by atomic mass is 9.48. The van der Waals surface area contributed by atoms with Crippen LogP contribution in [0.4, 0.5) is 11.8 Å². The second-order valence-corrected chi connectivity index (χ2v) is 10.4. The predicted octanol–water partition coefficient (Wildman–Crippen LogP) is 4.83. The van der Waals surface area contributed by atoms with E-state index in [1.165, 1.54) is 32.1 Å². The Balaban J connectivity index is 1.29. The van der Waals surface area contributed by atoms with Gasteiger partial charge < -0.3 is 16.4 Å². The van der Waals surface area contributed by atoms with Gasteiger partial charge in [0.2, 0.25) is 5.95 Å². The maximum absolute atomic E-state index is 9.54. The molecule has 4 fully saturated rings. The first-order chi connectivity index (χ1) is 14.9. The van der Waals surface area contributed by atoms with Crippen LogP contribution in [0.15, 0.2) is 24.4 Å². The monoisotopic (exact) mass is 456 g/mol. The van der Waals surface area contributed by atoms with Gasteiger partial charge in [-0.3, -0.25) is 0 Å². The van der Waals surface area contributed by atoms with Crippen LogP contribution >= 0.6 is 23.2 Å². The fourth-order valence-electron chi connectivity index (χ4n) is 6.24. The van der Waals surface area contributed by atoms with E-state index < -0.39 is 0 Å². The molecule has 4 aliphatic rings. The number of nitrogens with one attached hydrogen (secondary N) is 2. The Morgan fingerprint density at radius 3 is 2.65 bits per heavy atom. The standard InChI is InChI=1S/C23H26Cl2N6/c24-18-2-1-14(19(25)5-18)10-28-22-29-11-17(9-26)21(31-22)30-12-23-6-13-3-15(7-23)20(27)16(4-13)8-23/h1-2,5,11,13,15-16,20H,3-4,6-8,10,12,27H2,(H2,28,29,30,31)/t13?,15-,16+,20-,23-. The summed E-state index contributed by atoms with van der Waals surface area (Å²) in [6, 6.07) is 7.96. The summed E-state index contributed by atoms with van der Waals surface area (Å²) in [5.74, 6) is 3.15. The summed E-state index contributed by atoms with van der Waals surface area (Å²) in [5.41, 5.74) is 8.12. The molecule has 4 N–H and O–H groups in total. The maximum Gasteiger partial charge on any atom is 0.224 e. The number of nitriles is 1. The number of nitrogens with zero attached hydrogens (tertiary/aromatic N) is 3. The summed E-state index contributed by atoms with van der Waals surface area (Å²) in [7, 11) is 0. The lowest BCUT2D eigenvalue weighted by molar-refractivity contribution is -0.0591.